The van der Waals surface area contributed by atoms with Crippen LogP contribution in [0.5, 0.6) is 11.5 Å². The molecule has 0 aliphatic carbocycles. The number of aromatic hydroxyl groups is 1. The minimum absolute atomic E-state index is 0.116. The zero-order chi connectivity index (χ0) is 13.0. The van der Waals surface area contributed by atoms with E-state index in [1.807, 2.05) is 6.92 Å². The van der Waals surface area contributed by atoms with E-state index in [4.69, 9.17) is 4.74 Å². The van der Waals surface area contributed by atoms with Crippen LogP contribution in [0, 0.1) is 0 Å². The molecule has 2 aromatic rings. The molecule has 0 saturated carbocycles. The molecule has 0 spiro atoms. The second kappa shape index (κ2) is 5.35. The second-order valence-electron chi connectivity index (χ2n) is 3.63. The van der Waals surface area contributed by atoms with Crippen LogP contribution < -0.4 is 10.1 Å². The van der Waals surface area contributed by atoms with Crippen molar-refractivity contribution in [3.8, 4) is 22.9 Å². The van der Waals surface area contributed by atoms with Gasteiger partial charge < -0.3 is 15.2 Å². The number of nitrogens with zero attached hydrogens (tertiary/aromatic N) is 2. The Balaban J connectivity index is 2.40. The zero-order valence-corrected chi connectivity index (χ0v) is 10.3. The fourth-order valence-electron chi connectivity index (χ4n) is 1.56. The van der Waals surface area contributed by atoms with E-state index in [0.29, 0.717) is 18.2 Å². The fraction of sp³-hybridized carbons (Fsp3) is 0.231. The molecule has 18 heavy (non-hydrogen) atoms. The molecule has 0 amide bonds. The second-order valence-corrected chi connectivity index (χ2v) is 3.63. The number of hydrogen-bond donors (Lipinski definition) is 2. The Morgan fingerprint density at radius 2 is 2.17 bits per heavy atom. The maximum atomic E-state index is 9.64. The summed E-state index contributed by atoms with van der Waals surface area (Å²) in [7, 11) is 1.80. The standard InChI is InChI=1S/C13H15N3O2/c1-3-18-11-8-9(4-5-10(11)17)13-15-7-6-12(14-2)16-13/h4-8,17H,3H2,1-2H3,(H,14,15,16). The van der Waals surface area contributed by atoms with Gasteiger partial charge in [0.15, 0.2) is 17.3 Å². The Labute approximate surface area is 105 Å². The van der Waals surface area contributed by atoms with Crippen LogP contribution in [0.3, 0.4) is 0 Å². The molecule has 0 radical (unpaired) electrons. The Hall–Kier alpha value is -2.30. The van der Waals surface area contributed by atoms with E-state index in [1.165, 1.54) is 0 Å². The van der Waals surface area contributed by atoms with E-state index in [2.05, 4.69) is 15.3 Å². The summed E-state index contributed by atoms with van der Waals surface area (Å²) in [6.45, 7) is 2.36. The van der Waals surface area contributed by atoms with Crippen LogP contribution in [0.1, 0.15) is 6.92 Å². The molecule has 0 saturated heterocycles. The smallest absolute Gasteiger partial charge is 0.161 e. The van der Waals surface area contributed by atoms with E-state index in [-0.39, 0.29) is 5.75 Å². The first-order valence-electron chi connectivity index (χ1n) is 5.71. The topological polar surface area (TPSA) is 67.3 Å². The number of phenols is 1. The highest BCUT2D eigenvalue weighted by Gasteiger charge is 2.07. The minimum atomic E-state index is 0.116. The molecule has 0 fully saturated rings. The molecule has 0 aliphatic heterocycles. The van der Waals surface area contributed by atoms with Gasteiger partial charge >= 0.3 is 0 Å². The lowest BCUT2D eigenvalue weighted by Gasteiger charge is -2.08. The lowest BCUT2D eigenvalue weighted by Crippen LogP contribution is -1.97. The van der Waals surface area contributed by atoms with Gasteiger partial charge in [-0.1, -0.05) is 0 Å². The van der Waals surface area contributed by atoms with E-state index >= 15 is 0 Å². The largest absolute Gasteiger partial charge is 0.504 e. The summed E-state index contributed by atoms with van der Waals surface area (Å²) in [6, 6.07) is 6.85. The van der Waals surface area contributed by atoms with Gasteiger partial charge in [0.2, 0.25) is 0 Å². The highest BCUT2D eigenvalue weighted by molar-refractivity contribution is 5.61. The molecule has 0 atom stereocenters. The molecule has 0 bridgehead atoms. The minimum Gasteiger partial charge on any atom is -0.504 e. The SMILES string of the molecule is CCOc1cc(-c2nccc(NC)n2)ccc1O. The third-order valence-electron chi connectivity index (χ3n) is 2.43. The van der Waals surface area contributed by atoms with Gasteiger partial charge in [0, 0.05) is 18.8 Å². The summed E-state index contributed by atoms with van der Waals surface area (Å²) in [6.07, 6.45) is 1.68. The summed E-state index contributed by atoms with van der Waals surface area (Å²) >= 11 is 0. The van der Waals surface area contributed by atoms with E-state index in [1.54, 1.807) is 37.5 Å². The molecular weight excluding hydrogens is 230 g/mol. The van der Waals surface area contributed by atoms with Crippen molar-refractivity contribution < 1.29 is 9.84 Å². The van der Waals surface area contributed by atoms with Crippen LogP contribution in [-0.2, 0) is 0 Å². The summed E-state index contributed by atoms with van der Waals surface area (Å²) in [5.74, 6) is 1.88. The molecule has 2 N–H and O–H groups in total. The molecule has 1 aromatic carbocycles. The number of hydrogen-bond acceptors (Lipinski definition) is 5. The van der Waals surface area contributed by atoms with Crippen molar-refractivity contribution in [2.24, 2.45) is 0 Å². The molecule has 5 heteroatoms. The first kappa shape index (κ1) is 12.2. The number of anilines is 1. The van der Waals surface area contributed by atoms with Crippen molar-refractivity contribution >= 4 is 5.82 Å². The summed E-state index contributed by atoms with van der Waals surface area (Å²) in [5, 5.41) is 12.6. The van der Waals surface area contributed by atoms with Crippen molar-refractivity contribution in [3.63, 3.8) is 0 Å². The maximum absolute atomic E-state index is 9.64. The number of phenolic OH excluding ortho intramolecular Hbond substituents is 1. The summed E-state index contributed by atoms with van der Waals surface area (Å²) < 4.78 is 5.33. The first-order chi connectivity index (χ1) is 8.74. The molecule has 5 nitrogen and oxygen atoms in total. The van der Waals surface area contributed by atoms with Crippen LogP contribution in [0.4, 0.5) is 5.82 Å². The van der Waals surface area contributed by atoms with Crippen LogP contribution in [0.25, 0.3) is 11.4 Å². The normalized spacial score (nSPS) is 10.1. The van der Waals surface area contributed by atoms with E-state index < -0.39 is 0 Å². The molecule has 1 aromatic heterocycles. The van der Waals surface area contributed by atoms with Gasteiger partial charge in [0.1, 0.15) is 5.82 Å². The van der Waals surface area contributed by atoms with E-state index in [9.17, 15) is 5.11 Å². The quantitative estimate of drug-likeness (QED) is 0.865. The molecule has 0 unspecified atom stereocenters. The van der Waals surface area contributed by atoms with Gasteiger partial charge in [0.25, 0.3) is 0 Å². The predicted molar refractivity (Wildman–Crippen MR) is 69.8 cm³/mol. The molecule has 94 valence electrons. The van der Waals surface area contributed by atoms with Gasteiger partial charge in [-0.05, 0) is 31.2 Å². The monoisotopic (exact) mass is 245 g/mol. The average molecular weight is 245 g/mol. The highest BCUT2D eigenvalue weighted by atomic mass is 16.5. The highest BCUT2D eigenvalue weighted by Crippen LogP contribution is 2.30. The fourth-order valence-corrected chi connectivity index (χ4v) is 1.56. The van der Waals surface area contributed by atoms with Crippen molar-refractivity contribution in [2.75, 3.05) is 19.0 Å². The first-order valence-corrected chi connectivity index (χ1v) is 5.71. The third-order valence-corrected chi connectivity index (χ3v) is 2.43. The lowest BCUT2D eigenvalue weighted by molar-refractivity contribution is 0.318. The van der Waals surface area contributed by atoms with Gasteiger partial charge in [-0.3, -0.25) is 0 Å². The Kier molecular flexibility index (Phi) is 3.62. The molecule has 0 aliphatic rings. The maximum Gasteiger partial charge on any atom is 0.161 e. The van der Waals surface area contributed by atoms with E-state index in [0.717, 1.165) is 11.4 Å². The number of nitrogens with one attached hydrogen (secondary N) is 1. The Bertz CT molecular complexity index is 544. The summed E-state index contributed by atoms with van der Waals surface area (Å²) in [4.78, 5) is 8.53. The van der Waals surface area contributed by atoms with Crippen LogP contribution in [-0.4, -0.2) is 28.7 Å². The van der Waals surface area contributed by atoms with Crippen molar-refractivity contribution in [3.05, 3.63) is 30.5 Å². The number of aromatic nitrogens is 2. The van der Waals surface area contributed by atoms with Gasteiger partial charge in [-0.15, -0.1) is 0 Å². The molecule has 1 heterocycles. The zero-order valence-electron chi connectivity index (χ0n) is 10.3. The van der Waals surface area contributed by atoms with Gasteiger partial charge in [-0.25, -0.2) is 9.97 Å². The summed E-state index contributed by atoms with van der Waals surface area (Å²) in [5.41, 5.74) is 0.799. The van der Waals surface area contributed by atoms with Crippen LogP contribution >= 0.6 is 0 Å². The van der Waals surface area contributed by atoms with Crippen molar-refractivity contribution in [2.45, 2.75) is 6.92 Å². The third kappa shape index (κ3) is 2.51. The number of rotatable bonds is 4. The van der Waals surface area contributed by atoms with Gasteiger partial charge in [-0.2, -0.15) is 0 Å². The van der Waals surface area contributed by atoms with Gasteiger partial charge in [0.05, 0.1) is 6.61 Å². The predicted octanol–water partition coefficient (Wildman–Crippen LogP) is 2.29. The van der Waals surface area contributed by atoms with Crippen LogP contribution in [0.2, 0.25) is 0 Å². The number of benzene rings is 1. The Morgan fingerprint density at radius 3 is 2.89 bits per heavy atom. The Morgan fingerprint density at radius 1 is 1.33 bits per heavy atom. The van der Waals surface area contributed by atoms with Crippen molar-refractivity contribution in [1.29, 1.82) is 0 Å². The van der Waals surface area contributed by atoms with Crippen LogP contribution in [0.15, 0.2) is 30.5 Å². The molecule has 2 rings (SSSR count). The average Bonchev–Trinajstić information content (AvgIpc) is 2.41. The van der Waals surface area contributed by atoms with Crippen molar-refractivity contribution in [1.82, 2.24) is 9.97 Å². The molecular formula is C13H15N3O2. The number of ether oxygens (including phenoxy) is 1. The lowest BCUT2D eigenvalue weighted by atomic mass is 10.2.